The Balaban J connectivity index is 2.68. The van der Waals surface area contributed by atoms with E-state index < -0.39 is 35.0 Å². The van der Waals surface area contributed by atoms with E-state index in [9.17, 15) is 26.3 Å². The van der Waals surface area contributed by atoms with Gasteiger partial charge in [0, 0.05) is 7.11 Å². The molecule has 2 rings (SSSR count). The van der Waals surface area contributed by atoms with Crippen molar-refractivity contribution in [2.24, 2.45) is 5.73 Å². The number of fused-ring (bicyclic) bond motifs is 1. The van der Waals surface area contributed by atoms with Crippen LogP contribution in [0.3, 0.4) is 0 Å². The van der Waals surface area contributed by atoms with E-state index in [1.807, 2.05) is 0 Å². The number of methoxy groups -OCH3 is 1. The minimum atomic E-state index is -4.97. The van der Waals surface area contributed by atoms with Crippen LogP contribution >= 0.6 is 0 Å². The van der Waals surface area contributed by atoms with Crippen molar-refractivity contribution in [2.75, 3.05) is 13.7 Å². The number of imidazole rings is 1. The number of nitrogens with one attached hydrogen (secondary N) is 1. The normalized spacial score (nSPS) is 14.5. The van der Waals surface area contributed by atoms with Gasteiger partial charge in [0.2, 0.25) is 0 Å². The van der Waals surface area contributed by atoms with Crippen LogP contribution in [0.5, 0.6) is 0 Å². The van der Waals surface area contributed by atoms with E-state index in [2.05, 4.69) is 9.97 Å². The van der Waals surface area contributed by atoms with Crippen LogP contribution in [0.25, 0.3) is 11.0 Å². The van der Waals surface area contributed by atoms with Gasteiger partial charge in [0.15, 0.2) is 0 Å². The standard InChI is InChI=1S/C12H11F6N3O/c1-22-4-7(19)10-20-8-3-5(11(13,14)15)2-6(9(8)21-10)12(16,17)18/h2-3,7H,4,19H2,1H3,(H,20,21). The lowest BCUT2D eigenvalue weighted by Crippen LogP contribution is -2.17. The second-order valence-electron chi connectivity index (χ2n) is 4.60. The van der Waals surface area contributed by atoms with Crippen molar-refractivity contribution in [1.82, 2.24) is 9.97 Å². The van der Waals surface area contributed by atoms with Crippen molar-refractivity contribution in [3.05, 3.63) is 29.1 Å². The summed E-state index contributed by atoms with van der Waals surface area (Å²) in [7, 11) is 1.32. The molecule has 0 radical (unpaired) electrons. The summed E-state index contributed by atoms with van der Waals surface area (Å²) in [5.74, 6) is -0.0818. The molecule has 22 heavy (non-hydrogen) atoms. The van der Waals surface area contributed by atoms with E-state index in [4.69, 9.17) is 10.5 Å². The largest absolute Gasteiger partial charge is 0.418 e. The number of aromatic amines is 1. The summed E-state index contributed by atoms with van der Waals surface area (Å²) >= 11 is 0. The zero-order chi connectivity index (χ0) is 16.7. The van der Waals surface area contributed by atoms with Crippen molar-refractivity contribution in [1.29, 1.82) is 0 Å². The van der Waals surface area contributed by atoms with Crippen molar-refractivity contribution < 1.29 is 31.1 Å². The number of benzene rings is 1. The van der Waals surface area contributed by atoms with Crippen LogP contribution in [0.1, 0.15) is 23.0 Å². The van der Waals surface area contributed by atoms with Gasteiger partial charge in [-0.1, -0.05) is 0 Å². The Morgan fingerprint density at radius 1 is 1.18 bits per heavy atom. The first-order valence-electron chi connectivity index (χ1n) is 5.96. The predicted molar refractivity (Wildman–Crippen MR) is 64.9 cm³/mol. The molecule has 4 nitrogen and oxygen atoms in total. The van der Waals surface area contributed by atoms with E-state index in [-0.39, 0.29) is 24.0 Å². The third-order valence-electron chi connectivity index (χ3n) is 2.94. The molecule has 0 aliphatic rings. The zero-order valence-electron chi connectivity index (χ0n) is 11.1. The Morgan fingerprint density at radius 2 is 1.82 bits per heavy atom. The summed E-state index contributed by atoms with van der Waals surface area (Å²) in [6, 6.07) is -0.275. The average molecular weight is 327 g/mol. The molecule has 1 heterocycles. The summed E-state index contributed by atoms with van der Waals surface area (Å²) in [5, 5.41) is 0. The van der Waals surface area contributed by atoms with Crippen LogP contribution in [0.2, 0.25) is 0 Å². The average Bonchev–Trinajstić information content (AvgIpc) is 2.79. The maximum atomic E-state index is 13.0. The fourth-order valence-electron chi connectivity index (χ4n) is 1.95. The summed E-state index contributed by atoms with van der Waals surface area (Å²) in [6.45, 7) is -0.0483. The molecule has 0 fully saturated rings. The van der Waals surface area contributed by atoms with Gasteiger partial charge in [0.1, 0.15) is 11.3 Å². The fourth-order valence-corrected chi connectivity index (χ4v) is 1.95. The van der Waals surface area contributed by atoms with Gasteiger partial charge in [-0.3, -0.25) is 0 Å². The monoisotopic (exact) mass is 327 g/mol. The van der Waals surface area contributed by atoms with E-state index in [1.54, 1.807) is 0 Å². The number of ether oxygens (including phenoxy) is 1. The lowest BCUT2D eigenvalue weighted by molar-refractivity contribution is -0.142. The highest BCUT2D eigenvalue weighted by Gasteiger charge is 2.39. The summed E-state index contributed by atoms with van der Waals surface area (Å²) in [6.07, 6.45) is -9.88. The highest BCUT2D eigenvalue weighted by atomic mass is 19.4. The van der Waals surface area contributed by atoms with Gasteiger partial charge >= 0.3 is 12.4 Å². The lowest BCUT2D eigenvalue weighted by Gasteiger charge is -2.11. The van der Waals surface area contributed by atoms with Gasteiger partial charge < -0.3 is 15.5 Å². The van der Waals surface area contributed by atoms with Gasteiger partial charge in [-0.25, -0.2) is 4.98 Å². The highest BCUT2D eigenvalue weighted by molar-refractivity contribution is 5.80. The summed E-state index contributed by atoms with van der Waals surface area (Å²) in [4.78, 5) is 6.06. The molecule has 1 unspecified atom stereocenters. The van der Waals surface area contributed by atoms with Crippen molar-refractivity contribution in [3.8, 4) is 0 Å². The minimum Gasteiger partial charge on any atom is -0.383 e. The molecule has 122 valence electrons. The highest BCUT2D eigenvalue weighted by Crippen LogP contribution is 2.39. The van der Waals surface area contributed by atoms with E-state index in [1.165, 1.54) is 7.11 Å². The molecule has 0 bridgehead atoms. The molecule has 0 aliphatic carbocycles. The number of nitrogens with two attached hydrogens (primary N) is 1. The molecule has 1 aromatic carbocycles. The Hall–Kier alpha value is -1.81. The van der Waals surface area contributed by atoms with Crippen LogP contribution in [-0.4, -0.2) is 23.7 Å². The van der Waals surface area contributed by atoms with Crippen LogP contribution in [-0.2, 0) is 17.1 Å². The van der Waals surface area contributed by atoms with Crippen molar-refractivity contribution in [3.63, 3.8) is 0 Å². The smallest absolute Gasteiger partial charge is 0.383 e. The summed E-state index contributed by atoms with van der Waals surface area (Å²) < 4.78 is 81.8. The molecule has 0 saturated heterocycles. The van der Waals surface area contributed by atoms with Gasteiger partial charge in [-0.2, -0.15) is 26.3 Å². The third kappa shape index (κ3) is 3.17. The molecule has 10 heteroatoms. The molecular weight excluding hydrogens is 316 g/mol. The number of aromatic nitrogens is 2. The number of hydrogen-bond acceptors (Lipinski definition) is 3. The SMILES string of the molecule is COCC(N)c1nc2c(C(F)(F)F)cc(C(F)(F)F)cc2[nH]1. The fraction of sp³-hybridized carbons (Fsp3) is 0.417. The van der Waals surface area contributed by atoms with Crippen LogP contribution in [0, 0.1) is 0 Å². The number of alkyl halides is 6. The van der Waals surface area contributed by atoms with Crippen LogP contribution < -0.4 is 5.73 Å². The molecule has 0 amide bonds. The summed E-state index contributed by atoms with van der Waals surface area (Å²) in [5.41, 5.74) is 1.75. The van der Waals surface area contributed by atoms with E-state index in [0.29, 0.717) is 6.07 Å². The molecule has 0 spiro atoms. The third-order valence-corrected chi connectivity index (χ3v) is 2.94. The minimum absolute atomic E-state index is 0.0365. The number of nitrogens with zero attached hydrogens (tertiary/aromatic N) is 1. The lowest BCUT2D eigenvalue weighted by atomic mass is 10.1. The maximum absolute atomic E-state index is 13.0. The van der Waals surface area contributed by atoms with E-state index in [0.717, 1.165) is 0 Å². The van der Waals surface area contributed by atoms with E-state index >= 15 is 0 Å². The number of halogens is 6. The molecule has 3 N–H and O–H groups in total. The van der Waals surface area contributed by atoms with Crippen LogP contribution in [0.4, 0.5) is 26.3 Å². The topological polar surface area (TPSA) is 63.9 Å². The molecule has 1 aromatic heterocycles. The van der Waals surface area contributed by atoms with Crippen molar-refractivity contribution in [2.45, 2.75) is 18.4 Å². The Morgan fingerprint density at radius 3 is 2.32 bits per heavy atom. The first kappa shape index (κ1) is 16.6. The van der Waals surface area contributed by atoms with Crippen LogP contribution in [0.15, 0.2) is 12.1 Å². The van der Waals surface area contributed by atoms with Gasteiger partial charge in [0.05, 0.1) is 29.3 Å². The van der Waals surface area contributed by atoms with Crippen molar-refractivity contribution >= 4 is 11.0 Å². The maximum Gasteiger partial charge on any atom is 0.418 e. The Labute approximate surface area is 120 Å². The van der Waals surface area contributed by atoms with Gasteiger partial charge in [-0.15, -0.1) is 0 Å². The van der Waals surface area contributed by atoms with Gasteiger partial charge in [-0.05, 0) is 12.1 Å². The molecule has 2 aromatic rings. The van der Waals surface area contributed by atoms with Gasteiger partial charge in [0.25, 0.3) is 0 Å². The second kappa shape index (κ2) is 5.43. The Bertz CT molecular complexity index is 676. The quantitative estimate of drug-likeness (QED) is 0.851. The predicted octanol–water partition coefficient (Wildman–Crippen LogP) is 3.25. The molecule has 1 atom stereocenters. The molecule has 0 aliphatic heterocycles. The number of H-pyrrole nitrogens is 1. The first-order chi connectivity index (χ1) is 10.0. The molecular formula is C12H11F6N3O. The molecule has 0 saturated carbocycles. The number of rotatable bonds is 3. The first-order valence-corrected chi connectivity index (χ1v) is 5.96. The Kier molecular flexibility index (Phi) is 4.09. The zero-order valence-corrected chi connectivity index (χ0v) is 11.1. The number of hydrogen-bond donors (Lipinski definition) is 2. The second-order valence-corrected chi connectivity index (χ2v) is 4.60.